The number of benzene rings is 6. The van der Waals surface area contributed by atoms with Crippen LogP contribution < -0.4 is 0 Å². The molecule has 1 aromatic heterocycles. The molecule has 0 amide bonds. The van der Waals surface area contributed by atoms with Gasteiger partial charge in [0.05, 0.1) is 16.7 Å². The second kappa shape index (κ2) is 9.48. The van der Waals surface area contributed by atoms with E-state index in [4.69, 9.17) is 0 Å². The van der Waals surface area contributed by atoms with E-state index in [1.165, 1.54) is 60.9 Å². The van der Waals surface area contributed by atoms with E-state index >= 15 is 0 Å². The molecule has 0 N–H and O–H groups in total. The van der Waals surface area contributed by atoms with E-state index < -0.39 is 0 Å². The molecule has 0 saturated carbocycles. The third kappa shape index (κ3) is 3.86. The minimum Gasteiger partial charge on any atom is -0.309 e. The molecule has 7 aromatic rings. The van der Waals surface area contributed by atoms with Crippen LogP contribution in [0.3, 0.4) is 0 Å². The highest BCUT2D eigenvalue weighted by atomic mass is 79.9. The van der Waals surface area contributed by atoms with Gasteiger partial charge in [-0.2, -0.15) is 0 Å². The molecule has 7 rings (SSSR count). The topological polar surface area (TPSA) is 4.93 Å². The third-order valence-electron chi connectivity index (χ3n) is 7.28. The van der Waals surface area contributed by atoms with E-state index in [9.17, 15) is 0 Å². The number of aromatic nitrogens is 1. The molecule has 0 aliphatic rings. The van der Waals surface area contributed by atoms with Gasteiger partial charge in [-0.25, -0.2) is 0 Å². The molecule has 0 unspecified atom stereocenters. The number of halogens is 1. The average Bonchev–Trinajstić information content (AvgIpc) is 3.31. The quantitative estimate of drug-likeness (QED) is 0.205. The van der Waals surface area contributed by atoms with Crippen molar-refractivity contribution in [3.63, 3.8) is 0 Å². The van der Waals surface area contributed by atoms with Gasteiger partial charge in [0, 0.05) is 20.8 Å². The molecule has 38 heavy (non-hydrogen) atoms. The van der Waals surface area contributed by atoms with Gasteiger partial charge in [-0.15, -0.1) is 0 Å². The highest BCUT2D eigenvalue weighted by Crippen LogP contribution is 2.40. The summed E-state index contributed by atoms with van der Waals surface area (Å²) < 4.78 is 3.52. The number of hydrogen-bond acceptors (Lipinski definition) is 0. The Kier molecular flexibility index (Phi) is 5.68. The SMILES string of the molecule is Brc1cccc(-c2ccc3c4ccccc4n(-c4ccccc4-c4ccccc4-c4ccccc4)c3c2)c1. The van der Waals surface area contributed by atoms with Crippen LogP contribution in [0, 0.1) is 0 Å². The van der Waals surface area contributed by atoms with Crippen LogP contribution in [0.5, 0.6) is 0 Å². The summed E-state index contributed by atoms with van der Waals surface area (Å²) in [5.41, 5.74) is 10.9. The molecule has 6 aromatic carbocycles. The fourth-order valence-corrected chi connectivity index (χ4v) is 5.96. The second-order valence-corrected chi connectivity index (χ2v) is 10.4. The minimum atomic E-state index is 1.08. The monoisotopic (exact) mass is 549 g/mol. The molecule has 1 heterocycles. The molecule has 0 aliphatic heterocycles. The molecule has 0 atom stereocenters. The van der Waals surface area contributed by atoms with Crippen molar-refractivity contribution >= 4 is 37.7 Å². The van der Waals surface area contributed by atoms with E-state index in [0.29, 0.717) is 0 Å². The Labute approximate surface area is 230 Å². The summed E-state index contributed by atoms with van der Waals surface area (Å²) >= 11 is 3.64. The lowest BCUT2D eigenvalue weighted by atomic mass is 9.93. The summed E-state index contributed by atoms with van der Waals surface area (Å²) in [5.74, 6) is 0. The van der Waals surface area contributed by atoms with Crippen molar-refractivity contribution in [2.75, 3.05) is 0 Å². The van der Waals surface area contributed by atoms with Gasteiger partial charge in [0.2, 0.25) is 0 Å². The van der Waals surface area contributed by atoms with E-state index in [1.807, 2.05) is 0 Å². The van der Waals surface area contributed by atoms with Gasteiger partial charge in [-0.3, -0.25) is 0 Å². The third-order valence-corrected chi connectivity index (χ3v) is 7.77. The summed E-state index contributed by atoms with van der Waals surface area (Å²) in [7, 11) is 0. The molecule has 0 fully saturated rings. The number of nitrogens with zero attached hydrogens (tertiary/aromatic N) is 1. The molecule has 0 spiro atoms. The first-order valence-corrected chi connectivity index (χ1v) is 13.6. The largest absolute Gasteiger partial charge is 0.309 e. The van der Waals surface area contributed by atoms with Crippen molar-refractivity contribution in [2.45, 2.75) is 0 Å². The number of para-hydroxylation sites is 2. The summed E-state index contributed by atoms with van der Waals surface area (Å²) in [5, 5.41) is 2.51. The van der Waals surface area contributed by atoms with Crippen LogP contribution in [0.2, 0.25) is 0 Å². The molecule has 180 valence electrons. The average molecular weight is 550 g/mol. The lowest BCUT2D eigenvalue weighted by Crippen LogP contribution is -1.98. The molecule has 0 bridgehead atoms. The maximum absolute atomic E-state index is 3.64. The standard InChI is InChI=1S/C36H24BrN/c37-28-14-10-13-26(23-28)27-21-22-33-32-18-7-9-20-35(32)38(36(33)24-27)34-19-8-6-17-31(34)30-16-5-4-15-29(30)25-11-2-1-3-12-25/h1-24H. The fraction of sp³-hybridized carbons (Fsp3) is 0. The fourth-order valence-electron chi connectivity index (χ4n) is 5.56. The molecule has 2 heteroatoms. The van der Waals surface area contributed by atoms with E-state index in [1.54, 1.807) is 0 Å². The summed E-state index contributed by atoms with van der Waals surface area (Å²) in [6, 6.07) is 52.2. The van der Waals surface area contributed by atoms with Gasteiger partial charge in [0.25, 0.3) is 0 Å². The predicted octanol–water partition coefficient (Wildman–Crippen LogP) is 10.5. The van der Waals surface area contributed by atoms with Gasteiger partial charge in [-0.05, 0) is 58.1 Å². The van der Waals surface area contributed by atoms with E-state index in [0.717, 1.165) is 4.47 Å². The van der Waals surface area contributed by atoms with Crippen LogP contribution in [-0.4, -0.2) is 4.57 Å². The zero-order valence-corrected chi connectivity index (χ0v) is 22.3. The highest BCUT2D eigenvalue weighted by molar-refractivity contribution is 9.10. The van der Waals surface area contributed by atoms with Gasteiger partial charge < -0.3 is 4.57 Å². The normalized spacial score (nSPS) is 11.3. The lowest BCUT2D eigenvalue weighted by Gasteiger charge is -2.17. The van der Waals surface area contributed by atoms with Crippen molar-refractivity contribution in [3.8, 4) is 39.1 Å². The smallest absolute Gasteiger partial charge is 0.0547 e. The Hall–Kier alpha value is -4.40. The van der Waals surface area contributed by atoms with Crippen LogP contribution in [0.4, 0.5) is 0 Å². The summed E-state index contributed by atoms with van der Waals surface area (Å²) in [6.07, 6.45) is 0. The first-order valence-electron chi connectivity index (χ1n) is 12.8. The van der Waals surface area contributed by atoms with Gasteiger partial charge in [0.15, 0.2) is 0 Å². The zero-order chi connectivity index (χ0) is 25.5. The predicted molar refractivity (Wildman–Crippen MR) is 165 cm³/mol. The molecule has 1 nitrogen and oxygen atoms in total. The van der Waals surface area contributed by atoms with Crippen molar-refractivity contribution in [1.82, 2.24) is 4.57 Å². The van der Waals surface area contributed by atoms with Crippen LogP contribution in [0.15, 0.2) is 150 Å². The van der Waals surface area contributed by atoms with Crippen LogP contribution in [-0.2, 0) is 0 Å². The van der Waals surface area contributed by atoms with Crippen LogP contribution in [0.1, 0.15) is 0 Å². The van der Waals surface area contributed by atoms with E-state index in [-0.39, 0.29) is 0 Å². The zero-order valence-electron chi connectivity index (χ0n) is 20.7. The molecule has 0 radical (unpaired) electrons. The van der Waals surface area contributed by atoms with Crippen LogP contribution in [0.25, 0.3) is 60.9 Å². The van der Waals surface area contributed by atoms with E-state index in [2.05, 4.69) is 166 Å². The molecule has 0 aliphatic carbocycles. The second-order valence-electron chi connectivity index (χ2n) is 9.52. The first-order chi connectivity index (χ1) is 18.8. The Morgan fingerprint density at radius 3 is 1.87 bits per heavy atom. The Morgan fingerprint density at radius 2 is 1.03 bits per heavy atom. The van der Waals surface area contributed by atoms with Crippen molar-refractivity contribution in [3.05, 3.63) is 150 Å². The lowest BCUT2D eigenvalue weighted by molar-refractivity contribution is 1.18. The van der Waals surface area contributed by atoms with Crippen molar-refractivity contribution < 1.29 is 0 Å². The van der Waals surface area contributed by atoms with Gasteiger partial charge in [0.1, 0.15) is 0 Å². The van der Waals surface area contributed by atoms with Crippen molar-refractivity contribution in [2.24, 2.45) is 0 Å². The van der Waals surface area contributed by atoms with Crippen LogP contribution >= 0.6 is 15.9 Å². The Bertz CT molecular complexity index is 1930. The highest BCUT2D eigenvalue weighted by Gasteiger charge is 2.17. The Morgan fingerprint density at radius 1 is 0.395 bits per heavy atom. The maximum Gasteiger partial charge on any atom is 0.0547 e. The molecular weight excluding hydrogens is 526 g/mol. The maximum atomic E-state index is 3.64. The minimum absolute atomic E-state index is 1.08. The number of rotatable bonds is 4. The Balaban J connectivity index is 1.53. The van der Waals surface area contributed by atoms with Crippen molar-refractivity contribution in [1.29, 1.82) is 0 Å². The first kappa shape index (κ1) is 22.8. The summed E-state index contributed by atoms with van der Waals surface area (Å²) in [6.45, 7) is 0. The van der Waals surface area contributed by atoms with Gasteiger partial charge >= 0.3 is 0 Å². The van der Waals surface area contributed by atoms with Gasteiger partial charge in [-0.1, -0.05) is 131 Å². The number of hydrogen-bond donors (Lipinski definition) is 0. The number of fused-ring (bicyclic) bond motifs is 3. The summed E-state index contributed by atoms with van der Waals surface area (Å²) in [4.78, 5) is 0. The molecule has 0 saturated heterocycles. The molecular formula is C36H24BrN.